The molecule has 4 heteroatoms. The third-order valence-corrected chi connectivity index (χ3v) is 2.04. The molecule has 0 saturated heterocycles. The molecule has 0 unspecified atom stereocenters. The number of aliphatic imine (C=N–C) groups is 1. The second-order valence-corrected chi connectivity index (χ2v) is 4.34. The molecule has 1 aromatic heterocycles. The molecule has 0 atom stereocenters. The lowest BCUT2D eigenvalue weighted by atomic mass is 10.1. The van der Waals surface area contributed by atoms with Crippen LogP contribution in [-0.2, 0) is 0 Å². The molecule has 4 nitrogen and oxygen atoms in total. The first-order chi connectivity index (χ1) is 6.96. The summed E-state index contributed by atoms with van der Waals surface area (Å²) in [4.78, 5) is 8.26. The summed E-state index contributed by atoms with van der Waals surface area (Å²) in [7, 11) is 1.73. The van der Waals surface area contributed by atoms with Gasteiger partial charge in [-0.05, 0) is 32.9 Å². The summed E-state index contributed by atoms with van der Waals surface area (Å²) >= 11 is 0. The van der Waals surface area contributed by atoms with E-state index < -0.39 is 0 Å². The van der Waals surface area contributed by atoms with E-state index in [1.807, 2.05) is 32.9 Å². The van der Waals surface area contributed by atoms with Gasteiger partial charge in [0.25, 0.3) is 0 Å². The number of anilines is 1. The summed E-state index contributed by atoms with van der Waals surface area (Å²) < 4.78 is 0. The number of aromatic nitrogens is 1. The minimum absolute atomic E-state index is 0.162. The van der Waals surface area contributed by atoms with Crippen molar-refractivity contribution in [2.24, 2.45) is 10.8 Å². The number of rotatable bonds is 2. The smallest absolute Gasteiger partial charge is 0.151 e. The van der Waals surface area contributed by atoms with Crippen LogP contribution in [0.5, 0.6) is 0 Å². The van der Waals surface area contributed by atoms with E-state index in [1.54, 1.807) is 24.5 Å². The number of nitrogens with two attached hydrogens (primary N) is 1. The second-order valence-electron chi connectivity index (χ2n) is 4.34. The van der Waals surface area contributed by atoms with E-state index in [1.165, 1.54) is 0 Å². The fourth-order valence-corrected chi connectivity index (χ4v) is 1.17. The number of hydrogen-bond acceptors (Lipinski definition) is 4. The first-order valence-corrected chi connectivity index (χ1v) is 4.89. The molecule has 0 aliphatic rings. The van der Waals surface area contributed by atoms with Gasteiger partial charge >= 0.3 is 0 Å². The quantitative estimate of drug-likeness (QED) is 0.454. The van der Waals surface area contributed by atoms with Crippen LogP contribution in [0.15, 0.2) is 23.3 Å². The average Bonchev–Trinajstić information content (AvgIpc) is 2.17. The molecular weight excluding hydrogens is 188 g/mol. The van der Waals surface area contributed by atoms with Crippen molar-refractivity contribution in [2.45, 2.75) is 26.3 Å². The molecule has 0 saturated carbocycles. The van der Waals surface area contributed by atoms with Crippen molar-refractivity contribution in [3.05, 3.63) is 23.9 Å². The Bertz CT molecular complexity index is 352. The van der Waals surface area contributed by atoms with Gasteiger partial charge in [-0.2, -0.15) is 0 Å². The maximum atomic E-state index is 6.01. The van der Waals surface area contributed by atoms with Crippen LogP contribution in [0.1, 0.15) is 26.3 Å². The summed E-state index contributed by atoms with van der Waals surface area (Å²) in [6.07, 6.45) is 3.49. The zero-order chi connectivity index (χ0) is 11.5. The van der Waals surface area contributed by atoms with Crippen molar-refractivity contribution in [1.82, 2.24) is 4.98 Å². The summed E-state index contributed by atoms with van der Waals surface area (Å²) in [5.41, 5.74) is 0.766. The predicted octanol–water partition coefficient (Wildman–Crippen LogP) is 1.61. The number of pyridine rings is 1. The average molecular weight is 206 g/mol. The molecule has 2 N–H and O–H groups in total. The lowest BCUT2D eigenvalue weighted by Gasteiger charge is -2.32. The second kappa shape index (κ2) is 4.40. The van der Waals surface area contributed by atoms with Gasteiger partial charge in [0, 0.05) is 30.6 Å². The van der Waals surface area contributed by atoms with Crippen LogP contribution in [0.25, 0.3) is 0 Å². The molecule has 1 heterocycles. The molecule has 0 radical (unpaired) electrons. The van der Waals surface area contributed by atoms with E-state index in [2.05, 4.69) is 9.98 Å². The van der Waals surface area contributed by atoms with Crippen LogP contribution in [0.4, 0.5) is 5.82 Å². The Labute approximate surface area is 90.8 Å². The van der Waals surface area contributed by atoms with Crippen LogP contribution in [0.3, 0.4) is 0 Å². The van der Waals surface area contributed by atoms with Crippen molar-refractivity contribution in [2.75, 3.05) is 12.1 Å². The first-order valence-electron chi connectivity index (χ1n) is 4.89. The maximum absolute atomic E-state index is 6.01. The van der Waals surface area contributed by atoms with Gasteiger partial charge in [0.2, 0.25) is 0 Å². The van der Waals surface area contributed by atoms with Crippen molar-refractivity contribution in [1.29, 1.82) is 0 Å². The summed E-state index contributed by atoms with van der Waals surface area (Å²) in [6, 6.07) is 3.82. The third-order valence-electron chi connectivity index (χ3n) is 2.04. The Balaban J connectivity index is 3.13. The number of hydrazine groups is 1. The maximum Gasteiger partial charge on any atom is 0.151 e. The topological polar surface area (TPSA) is 54.5 Å². The molecule has 0 aromatic carbocycles. The molecule has 82 valence electrons. The van der Waals surface area contributed by atoms with Gasteiger partial charge in [-0.15, -0.1) is 0 Å². The molecule has 0 fully saturated rings. The highest BCUT2D eigenvalue weighted by molar-refractivity contribution is 5.86. The van der Waals surface area contributed by atoms with E-state index in [0.29, 0.717) is 0 Å². The third kappa shape index (κ3) is 2.76. The van der Waals surface area contributed by atoms with Gasteiger partial charge in [-0.1, -0.05) is 0 Å². The predicted molar refractivity (Wildman–Crippen MR) is 64.2 cm³/mol. The summed E-state index contributed by atoms with van der Waals surface area (Å²) in [5.74, 6) is 6.76. The van der Waals surface area contributed by atoms with Crippen molar-refractivity contribution >= 4 is 12.0 Å². The molecule has 0 bridgehead atoms. The highest BCUT2D eigenvalue weighted by Crippen LogP contribution is 2.20. The van der Waals surface area contributed by atoms with Gasteiger partial charge in [0.15, 0.2) is 5.82 Å². The van der Waals surface area contributed by atoms with E-state index in [9.17, 15) is 0 Å². The lowest BCUT2D eigenvalue weighted by molar-refractivity contribution is 0.509. The Morgan fingerprint density at radius 1 is 1.47 bits per heavy atom. The van der Waals surface area contributed by atoms with Gasteiger partial charge in [0.05, 0.1) is 0 Å². The van der Waals surface area contributed by atoms with Gasteiger partial charge in [0.1, 0.15) is 0 Å². The van der Waals surface area contributed by atoms with Gasteiger partial charge < -0.3 is 0 Å². The molecule has 0 aliphatic carbocycles. The fraction of sp³-hybridized carbons (Fsp3) is 0.455. The molecule has 1 aromatic rings. The lowest BCUT2D eigenvalue weighted by Crippen LogP contribution is -2.47. The normalized spacial score (nSPS) is 12.1. The standard InChI is InChI=1S/C11H18N4/c1-11(2,3)15(12)10-9(8-13-4)6-5-7-14-10/h5-8H,12H2,1-4H3/b13-8-. The first kappa shape index (κ1) is 11.7. The van der Waals surface area contributed by atoms with E-state index in [0.717, 1.165) is 11.4 Å². The van der Waals surface area contributed by atoms with E-state index in [4.69, 9.17) is 5.84 Å². The Kier molecular flexibility index (Phi) is 3.42. The molecular formula is C11H18N4. The molecule has 15 heavy (non-hydrogen) atoms. The molecule has 0 spiro atoms. The zero-order valence-electron chi connectivity index (χ0n) is 9.73. The minimum atomic E-state index is -0.162. The van der Waals surface area contributed by atoms with E-state index >= 15 is 0 Å². The molecule has 0 aliphatic heterocycles. The van der Waals surface area contributed by atoms with Gasteiger partial charge in [-0.25, -0.2) is 10.8 Å². The summed E-state index contributed by atoms with van der Waals surface area (Å²) in [6.45, 7) is 6.11. The SMILES string of the molecule is C/N=C\c1cccnc1N(N)C(C)(C)C. The Morgan fingerprint density at radius 2 is 2.13 bits per heavy atom. The molecule has 0 amide bonds. The van der Waals surface area contributed by atoms with E-state index in [-0.39, 0.29) is 5.54 Å². The van der Waals surface area contributed by atoms with Crippen LogP contribution >= 0.6 is 0 Å². The zero-order valence-corrected chi connectivity index (χ0v) is 9.73. The van der Waals surface area contributed by atoms with Crippen LogP contribution in [0, 0.1) is 0 Å². The highest BCUT2D eigenvalue weighted by atomic mass is 15.5. The minimum Gasteiger partial charge on any atom is -0.296 e. The largest absolute Gasteiger partial charge is 0.296 e. The van der Waals surface area contributed by atoms with Gasteiger partial charge in [-0.3, -0.25) is 10.0 Å². The molecule has 1 rings (SSSR count). The van der Waals surface area contributed by atoms with Crippen LogP contribution in [-0.4, -0.2) is 23.8 Å². The fourth-order valence-electron chi connectivity index (χ4n) is 1.17. The highest BCUT2D eigenvalue weighted by Gasteiger charge is 2.21. The van der Waals surface area contributed by atoms with Crippen LogP contribution in [0.2, 0.25) is 0 Å². The Morgan fingerprint density at radius 3 is 2.67 bits per heavy atom. The van der Waals surface area contributed by atoms with Crippen molar-refractivity contribution in [3.8, 4) is 0 Å². The summed E-state index contributed by atoms with van der Waals surface area (Å²) in [5, 5.41) is 1.66. The van der Waals surface area contributed by atoms with Crippen molar-refractivity contribution in [3.63, 3.8) is 0 Å². The van der Waals surface area contributed by atoms with Crippen molar-refractivity contribution < 1.29 is 0 Å². The number of hydrogen-bond donors (Lipinski definition) is 1. The van der Waals surface area contributed by atoms with Crippen LogP contribution < -0.4 is 10.9 Å². The number of nitrogens with zero attached hydrogens (tertiary/aromatic N) is 3. The Hall–Kier alpha value is -1.42. The monoisotopic (exact) mass is 206 g/mol.